The number of carbonyl (C=O) groups excluding carboxylic acids is 1. The number of nitrogens with zero attached hydrogens (tertiary/aromatic N) is 3. The summed E-state index contributed by atoms with van der Waals surface area (Å²) in [5, 5.41) is 4.13. The average Bonchev–Trinajstić information content (AvgIpc) is 3.42. The molecule has 150 valence electrons. The number of amides is 1. The van der Waals surface area contributed by atoms with Gasteiger partial charge in [0.2, 0.25) is 17.6 Å². The van der Waals surface area contributed by atoms with Crippen LogP contribution in [0.5, 0.6) is 5.75 Å². The number of hydrogen-bond acceptors (Lipinski definition) is 5. The fraction of sp³-hybridized carbons (Fsp3) is 0.348. The Morgan fingerprint density at radius 2 is 2.00 bits per heavy atom. The van der Waals surface area contributed by atoms with Gasteiger partial charge in [-0.1, -0.05) is 53.2 Å². The minimum Gasteiger partial charge on any atom is -0.496 e. The lowest BCUT2D eigenvalue weighted by atomic mass is 10.1. The summed E-state index contributed by atoms with van der Waals surface area (Å²) >= 11 is 0. The van der Waals surface area contributed by atoms with Gasteiger partial charge in [-0.3, -0.25) is 4.79 Å². The van der Waals surface area contributed by atoms with Gasteiger partial charge in [0.25, 0.3) is 0 Å². The van der Waals surface area contributed by atoms with E-state index in [1.54, 1.807) is 7.11 Å². The first-order valence-electron chi connectivity index (χ1n) is 9.97. The largest absolute Gasteiger partial charge is 0.496 e. The Balaban J connectivity index is 1.45. The summed E-state index contributed by atoms with van der Waals surface area (Å²) in [5.74, 6) is 2.00. The zero-order valence-corrected chi connectivity index (χ0v) is 16.8. The van der Waals surface area contributed by atoms with Crippen LogP contribution in [0.1, 0.15) is 42.3 Å². The highest BCUT2D eigenvalue weighted by molar-refractivity contribution is 5.77. The monoisotopic (exact) mass is 391 g/mol. The Bertz CT molecular complexity index is 981. The van der Waals surface area contributed by atoms with Crippen LogP contribution in [0.15, 0.2) is 53.1 Å². The van der Waals surface area contributed by atoms with Crippen molar-refractivity contribution < 1.29 is 14.1 Å². The lowest BCUT2D eigenvalue weighted by molar-refractivity contribution is -0.132. The maximum absolute atomic E-state index is 12.9. The third-order valence-corrected chi connectivity index (χ3v) is 5.41. The van der Waals surface area contributed by atoms with Crippen molar-refractivity contribution in [3.63, 3.8) is 0 Å². The summed E-state index contributed by atoms with van der Waals surface area (Å²) < 4.78 is 10.9. The topological polar surface area (TPSA) is 68.5 Å². The number of carbonyl (C=O) groups is 1. The predicted octanol–water partition coefficient (Wildman–Crippen LogP) is 4.35. The lowest BCUT2D eigenvalue weighted by Crippen LogP contribution is -2.30. The van der Waals surface area contributed by atoms with E-state index in [0.717, 1.165) is 36.3 Å². The molecule has 0 aliphatic carbocycles. The quantitative estimate of drug-likeness (QED) is 0.625. The number of ether oxygens (including phenoxy) is 1. The molecule has 4 rings (SSSR count). The third-order valence-electron chi connectivity index (χ3n) is 5.41. The summed E-state index contributed by atoms with van der Waals surface area (Å²) in [6.45, 7) is 2.76. The molecule has 0 bridgehead atoms. The molecular formula is C23H25N3O3. The normalized spacial score (nSPS) is 16.2. The van der Waals surface area contributed by atoms with Crippen molar-refractivity contribution in [2.45, 2.75) is 38.6 Å². The molecule has 1 fully saturated rings. The molecule has 6 heteroatoms. The van der Waals surface area contributed by atoms with E-state index in [-0.39, 0.29) is 11.9 Å². The van der Waals surface area contributed by atoms with E-state index in [4.69, 9.17) is 9.26 Å². The number of aryl methyl sites for hydroxylation is 2. The van der Waals surface area contributed by atoms with E-state index >= 15 is 0 Å². The standard InChI is InChI=1S/C23H25N3O3/c1-16-9-11-18(12-10-16)22-24-23(29-25-22)19-7-5-15-26(19)21(27)14-13-17-6-3-4-8-20(17)28-2/h3-4,6,8-12,19H,5,7,13-15H2,1-2H3/t19-/m1/s1. The van der Waals surface area contributed by atoms with Gasteiger partial charge < -0.3 is 14.2 Å². The van der Waals surface area contributed by atoms with E-state index in [9.17, 15) is 4.79 Å². The molecule has 0 unspecified atom stereocenters. The van der Waals surface area contributed by atoms with Crippen molar-refractivity contribution in [1.82, 2.24) is 15.0 Å². The van der Waals surface area contributed by atoms with Crippen LogP contribution in [-0.4, -0.2) is 34.6 Å². The van der Waals surface area contributed by atoms with E-state index in [2.05, 4.69) is 10.1 Å². The molecule has 6 nitrogen and oxygen atoms in total. The fourth-order valence-electron chi connectivity index (χ4n) is 3.81. The van der Waals surface area contributed by atoms with Gasteiger partial charge >= 0.3 is 0 Å². The van der Waals surface area contributed by atoms with Gasteiger partial charge in [-0.05, 0) is 37.8 Å². The van der Waals surface area contributed by atoms with Gasteiger partial charge in [0, 0.05) is 18.5 Å². The van der Waals surface area contributed by atoms with Crippen molar-refractivity contribution >= 4 is 5.91 Å². The van der Waals surface area contributed by atoms with Crippen molar-refractivity contribution in [2.24, 2.45) is 0 Å². The number of methoxy groups -OCH3 is 1. The first-order valence-corrected chi connectivity index (χ1v) is 9.97. The Morgan fingerprint density at radius 1 is 1.21 bits per heavy atom. The lowest BCUT2D eigenvalue weighted by Gasteiger charge is -2.22. The van der Waals surface area contributed by atoms with Crippen LogP contribution in [0, 0.1) is 6.92 Å². The zero-order valence-electron chi connectivity index (χ0n) is 16.8. The van der Waals surface area contributed by atoms with Crippen LogP contribution in [0.3, 0.4) is 0 Å². The van der Waals surface area contributed by atoms with E-state index in [0.29, 0.717) is 24.6 Å². The molecule has 2 heterocycles. The molecule has 1 atom stereocenters. The van der Waals surface area contributed by atoms with Crippen molar-refractivity contribution in [2.75, 3.05) is 13.7 Å². The van der Waals surface area contributed by atoms with Gasteiger partial charge in [0.05, 0.1) is 7.11 Å². The number of likely N-dealkylation sites (tertiary alicyclic amines) is 1. The van der Waals surface area contributed by atoms with Crippen LogP contribution in [-0.2, 0) is 11.2 Å². The molecule has 1 aliphatic rings. The van der Waals surface area contributed by atoms with Crippen LogP contribution in [0.25, 0.3) is 11.4 Å². The number of para-hydroxylation sites is 1. The summed E-state index contributed by atoms with van der Waals surface area (Å²) in [5.41, 5.74) is 3.14. The smallest absolute Gasteiger partial charge is 0.249 e. The molecule has 1 aromatic heterocycles. The Kier molecular flexibility index (Phi) is 5.60. The Labute approximate surface area is 170 Å². The number of rotatable bonds is 6. The second-order valence-electron chi connectivity index (χ2n) is 7.38. The first kappa shape index (κ1) is 19.2. The van der Waals surface area contributed by atoms with Crippen LogP contribution < -0.4 is 4.74 Å². The summed E-state index contributed by atoms with van der Waals surface area (Å²) in [7, 11) is 1.65. The molecule has 1 saturated heterocycles. The maximum Gasteiger partial charge on any atom is 0.249 e. The molecule has 0 spiro atoms. The summed E-state index contributed by atoms with van der Waals surface area (Å²) in [6, 6.07) is 15.7. The van der Waals surface area contributed by atoms with Gasteiger partial charge in [-0.25, -0.2) is 0 Å². The van der Waals surface area contributed by atoms with E-state index in [1.807, 2.05) is 60.4 Å². The Hall–Kier alpha value is -3.15. The molecule has 29 heavy (non-hydrogen) atoms. The number of aromatic nitrogens is 2. The van der Waals surface area contributed by atoms with Gasteiger partial charge in [0.15, 0.2) is 0 Å². The summed E-state index contributed by atoms with van der Waals surface area (Å²) in [4.78, 5) is 19.4. The van der Waals surface area contributed by atoms with Crippen LogP contribution >= 0.6 is 0 Å². The van der Waals surface area contributed by atoms with Crippen LogP contribution in [0.4, 0.5) is 0 Å². The van der Waals surface area contributed by atoms with Gasteiger partial charge in [0.1, 0.15) is 11.8 Å². The predicted molar refractivity (Wildman–Crippen MR) is 109 cm³/mol. The summed E-state index contributed by atoms with van der Waals surface area (Å²) in [6.07, 6.45) is 2.85. The Morgan fingerprint density at radius 3 is 2.79 bits per heavy atom. The highest BCUT2D eigenvalue weighted by Crippen LogP contribution is 2.33. The highest BCUT2D eigenvalue weighted by Gasteiger charge is 2.33. The van der Waals surface area contributed by atoms with Gasteiger partial charge in [-0.2, -0.15) is 4.98 Å². The molecule has 2 aromatic carbocycles. The minimum atomic E-state index is -0.146. The molecule has 3 aromatic rings. The van der Waals surface area contributed by atoms with Crippen molar-refractivity contribution in [1.29, 1.82) is 0 Å². The number of benzene rings is 2. The molecule has 0 N–H and O–H groups in total. The highest BCUT2D eigenvalue weighted by atomic mass is 16.5. The fourth-order valence-corrected chi connectivity index (χ4v) is 3.81. The maximum atomic E-state index is 12.9. The second kappa shape index (κ2) is 8.47. The molecule has 1 aliphatic heterocycles. The SMILES string of the molecule is COc1ccccc1CCC(=O)N1CCC[C@@H]1c1nc(-c2ccc(C)cc2)no1. The average molecular weight is 391 g/mol. The molecular weight excluding hydrogens is 366 g/mol. The molecule has 1 amide bonds. The van der Waals surface area contributed by atoms with E-state index in [1.165, 1.54) is 5.56 Å². The minimum absolute atomic E-state index is 0.105. The van der Waals surface area contributed by atoms with Gasteiger partial charge in [-0.15, -0.1) is 0 Å². The third kappa shape index (κ3) is 4.16. The first-order chi connectivity index (χ1) is 14.2. The zero-order chi connectivity index (χ0) is 20.2. The van der Waals surface area contributed by atoms with Crippen molar-refractivity contribution in [3.05, 3.63) is 65.5 Å². The number of hydrogen-bond donors (Lipinski definition) is 0. The van der Waals surface area contributed by atoms with E-state index < -0.39 is 0 Å². The molecule has 0 radical (unpaired) electrons. The van der Waals surface area contributed by atoms with Crippen LogP contribution in [0.2, 0.25) is 0 Å². The second-order valence-corrected chi connectivity index (χ2v) is 7.38. The van der Waals surface area contributed by atoms with Crippen molar-refractivity contribution in [3.8, 4) is 17.1 Å². The molecule has 0 saturated carbocycles.